The van der Waals surface area contributed by atoms with Gasteiger partial charge in [-0.1, -0.05) is 0 Å². The topological polar surface area (TPSA) is 15.8 Å². The molecule has 1 aliphatic rings. The Bertz CT molecular complexity index is 470. The summed E-state index contributed by atoms with van der Waals surface area (Å²) < 4.78 is 1.33. The van der Waals surface area contributed by atoms with Gasteiger partial charge in [0.25, 0.3) is 0 Å². The molecular formula is C11H10IN. The van der Waals surface area contributed by atoms with E-state index in [-0.39, 0.29) is 0 Å². The van der Waals surface area contributed by atoms with Gasteiger partial charge >= 0.3 is 0 Å². The van der Waals surface area contributed by atoms with Crippen molar-refractivity contribution in [3.8, 4) is 0 Å². The van der Waals surface area contributed by atoms with Gasteiger partial charge in [0.1, 0.15) is 0 Å². The smallest absolute Gasteiger partial charge is 0.0459 e. The van der Waals surface area contributed by atoms with Gasteiger partial charge in [0.05, 0.1) is 0 Å². The van der Waals surface area contributed by atoms with Crippen molar-refractivity contribution in [2.45, 2.75) is 19.3 Å². The molecule has 13 heavy (non-hydrogen) atoms. The highest BCUT2D eigenvalue weighted by Crippen LogP contribution is 2.30. The number of aromatic amines is 1. The van der Waals surface area contributed by atoms with Crippen LogP contribution in [0.15, 0.2) is 18.2 Å². The lowest BCUT2D eigenvalue weighted by atomic mass is 10.1. The number of aryl methyl sites for hydroxylation is 2. The number of hydrogen-bond donors (Lipinski definition) is 1. The van der Waals surface area contributed by atoms with Gasteiger partial charge in [-0.15, -0.1) is 0 Å². The molecule has 1 nitrogen and oxygen atoms in total. The monoisotopic (exact) mass is 283 g/mol. The molecule has 0 aliphatic heterocycles. The second-order valence-corrected chi connectivity index (χ2v) is 4.87. The Labute approximate surface area is 90.7 Å². The maximum atomic E-state index is 3.50. The normalized spacial score (nSPS) is 15.2. The quantitative estimate of drug-likeness (QED) is 0.714. The largest absolute Gasteiger partial charge is 0.358 e. The summed E-state index contributed by atoms with van der Waals surface area (Å²) in [4.78, 5) is 3.50. The van der Waals surface area contributed by atoms with Crippen LogP contribution in [0.3, 0.4) is 0 Å². The molecule has 1 heterocycles. The minimum Gasteiger partial charge on any atom is -0.358 e. The Morgan fingerprint density at radius 2 is 2.15 bits per heavy atom. The van der Waals surface area contributed by atoms with Gasteiger partial charge in [-0.2, -0.15) is 0 Å². The van der Waals surface area contributed by atoms with Gasteiger partial charge in [0.15, 0.2) is 0 Å². The molecule has 3 rings (SSSR count). The highest BCUT2D eigenvalue weighted by Gasteiger charge is 2.16. The molecule has 0 spiro atoms. The van der Waals surface area contributed by atoms with E-state index in [9.17, 15) is 0 Å². The Kier molecular flexibility index (Phi) is 1.65. The van der Waals surface area contributed by atoms with Crippen molar-refractivity contribution in [3.05, 3.63) is 33.0 Å². The lowest BCUT2D eigenvalue weighted by Gasteiger charge is -1.94. The van der Waals surface area contributed by atoms with E-state index in [1.165, 1.54) is 39.4 Å². The van der Waals surface area contributed by atoms with Crippen LogP contribution in [-0.2, 0) is 12.8 Å². The fourth-order valence-corrected chi connectivity index (χ4v) is 2.71. The van der Waals surface area contributed by atoms with Gasteiger partial charge in [-0.05, 0) is 65.6 Å². The van der Waals surface area contributed by atoms with Gasteiger partial charge in [-0.3, -0.25) is 0 Å². The van der Waals surface area contributed by atoms with Crippen LogP contribution in [0.1, 0.15) is 17.7 Å². The number of rotatable bonds is 0. The molecule has 0 bridgehead atoms. The first kappa shape index (κ1) is 7.85. The third kappa shape index (κ3) is 1.11. The summed E-state index contributed by atoms with van der Waals surface area (Å²) in [6.07, 6.45) is 3.82. The fourth-order valence-electron chi connectivity index (χ4n) is 2.22. The number of H-pyrrole nitrogens is 1. The Hall–Kier alpha value is -0.510. The molecule has 2 heteroatoms. The molecule has 1 aromatic carbocycles. The summed E-state index contributed by atoms with van der Waals surface area (Å²) in [7, 11) is 0. The predicted octanol–water partition coefficient (Wildman–Crippen LogP) is 3.26. The number of aromatic nitrogens is 1. The number of fused-ring (bicyclic) bond motifs is 3. The van der Waals surface area contributed by atoms with Crippen LogP contribution in [0, 0.1) is 3.57 Å². The third-order valence-electron chi connectivity index (χ3n) is 2.81. The minimum atomic E-state index is 1.24. The summed E-state index contributed by atoms with van der Waals surface area (Å²) in [6, 6.07) is 6.64. The highest BCUT2D eigenvalue weighted by molar-refractivity contribution is 14.1. The van der Waals surface area contributed by atoms with Crippen molar-refractivity contribution in [3.63, 3.8) is 0 Å². The van der Waals surface area contributed by atoms with E-state index in [1.807, 2.05) is 0 Å². The van der Waals surface area contributed by atoms with Crippen LogP contribution < -0.4 is 0 Å². The molecule has 2 aromatic rings. The molecule has 0 saturated heterocycles. The molecule has 1 aliphatic carbocycles. The van der Waals surface area contributed by atoms with Crippen LogP contribution in [0.2, 0.25) is 0 Å². The zero-order valence-corrected chi connectivity index (χ0v) is 9.39. The average Bonchev–Trinajstić information content (AvgIpc) is 2.64. The van der Waals surface area contributed by atoms with Crippen molar-refractivity contribution in [2.24, 2.45) is 0 Å². The van der Waals surface area contributed by atoms with Crippen LogP contribution in [0.4, 0.5) is 0 Å². The second-order valence-electron chi connectivity index (χ2n) is 3.63. The van der Waals surface area contributed by atoms with E-state index < -0.39 is 0 Å². The maximum Gasteiger partial charge on any atom is 0.0459 e. The van der Waals surface area contributed by atoms with E-state index in [0.717, 1.165) is 0 Å². The first-order chi connectivity index (χ1) is 6.34. The van der Waals surface area contributed by atoms with Crippen molar-refractivity contribution in [1.29, 1.82) is 0 Å². The van der Waals surface area contributed by atoms with E-state index in [1.54, 1.807) is 5.56 Å². The molecule has 66 valence electrons. The molecule has 0 atom stereocenters. The molecular weight excluding hydrogens is 273 g/mol. The van der Waals surface area contributed by atoms with Crippen LogP contribution in [-0.4, -0.2) is 4.98 Å². The molecule has 0 fully saturated rings. The van der Waals surface area contributed by atoms with Gasteiger partial charge in [0.2, 0.25) is 0 Å². The molecule has 0 amide bonds. The summed E-state index contributed by atoms with van der Waals surface area (Å²) in [5.41, 5.74) is 4.34. The van der Waals surface area contributed by atoms with Gasteiger partial charge in [0, 0.05) is 20.2 Å². The zero-order chi connectivity index (χ0) is 8.84. The van der Waals surface area contributed by atoms with Crippen LogP contribution in [0.25, 0.3) is 10.9 Å². The molecule has 0 unspecified atom stereocenters. The summed E-state index contributed by atoms with van der Waals surface area (Å²) >= 11 is 2.38. The SMILES string of the molecule is Ic1ccc2[nH]c3c(c2c1)CCC3. The van der Waals surface area contributed by atoms with Crippen LogP contribution >= 0.6 is 22.6 Å². The fraction of sp³-hybridized carbons (Fsp3) is 0.273. The Morgan fingerprint density at radius 3 is 3.08 bits per heavy atom. The van der Waals surface area contributed by atoms with E-state index in [2.05, 4.69) is 45.8 Å². The first-order valence-electron chi connectivity index (χ1n) is 4.63. The third-order valence-corrected chi connectivity index (χ3v) is 3.48. The van der Waals surface area contributed by atoms with E-state index in [4.69, 9.17) is 0 Å². The summed E-state index contributed by atoms with van der Waals surface area (Å²) in [5.74, 6) is 0. The van der Waals surface area contributed by atoms with Gasteiger partial charge < -0.3 is 4.98 Å². The van der Waals surface area contributed by atoms with Gasteiger partial charge in [-0.25, -0.2) is 0 Å². The molecule has 0 saturated carbocycles. The zero-order valence-electron chi connectivity index (χ0n) is 7.23. The summed E-state index contributed by atoms with van der Waals surface area (Å²) in [6.45, 7) is 0. The lowest BCUT2D eigenvalue weighted by Crippen LogP contribution is -1.77. The van der Waals surface area contributed by atoms with Crippen molar-refractivity contribution < 1.29 is 0 Å². The molecule has 0 radical (unpaired) electrons. The standard InChI is InChI=1S/C11H10IN/c12-7-4-5-11-9(6-7)8-2-1-3-10(8)13-11/h4-6,13H,1-3H2. The predicted molar refractivity (Wildman–Crippen MR) is 63.0 cm³/mol. The average molecular weight is 283 g/mol. The Morgan fingerprint density at radius 1 is 1.23 bits per heavy atom. The van der Waals surface area contributed by atoms with Crippen molar-refractivity contribution >= 4 is 33.5 Å². The lowest BCUT2D eigenvalue weighted by molar-refractivity contribution is 0.899. The number of benzene rings is 1. The number of halogens is 1. The first-order valence-corrected chi connectivity index (χ1v) is 5.71. The highest BCUT2D eigenvalue weighted by atomic mass is 127. The number of hydrogen-bond acceptors (Lipinski definition) is 0. The number of nitrogens with one attached hydrogen (secondary N) is 1. The van der Waals surface area contributed by atoms with Crippen LogP contribution in [0.5, 0.6) is 0 Å². The molecule has 1 N–H and O–H groups in total. The molecule has 1 aromatic heterocycles. The van der Waals surface area contributed by atoms with E-state index in [0.29, 0.717) is 0 Å². The second kappa shape index (κ2) is 2.74. The minimum absolute atomic E-state index is 1.24. The van der Waals surface area contributed by atoms with Crippen molar-refractivity contribution in [2.75, 3.05) is 0 Å². The van der Waals surface area contributed by atoms with Crippen molar-refractivity contribution in [1.82, 2.24) is 4.98 Å². The van der Waals surface area contributed by atoms with E-state index >= 15 is 0 Å². The maximum absolute atomic E-state index is 3.50. The summed E-state index contributed by atoms with van der Waals surface area (Å²) in [5, 5.41) is 1.44. The Balaban J connectivity index is 2.40.